The van der Waals surface area contributed by atoms with Crippen LogP contribution < -0.4 is 16.4 Å². The maximum atomic E-state index is 14.8. The Kier molecular flexibility index (Phi) is 8.80. The number of imidazole rings is 1. The number of primary amides is 1. The quantitative estimate of drug-likeness (QED) is 0.242. The van der Waals surface area contributed by atoms with Gasteiger partial charge in [0.25, 0.3) is 5.91 Å². The number of fused-ring (bicyclic) bond motifs is 1. The van der Waals surface area contributed by atoms with E-state index in [-0.39, 0.29) is 70.5 Å². The first kappa shape index (κ1) is 30.9. The van der Waals surface area contributed by atoms with Gasteiger partial charge in [-0.15, -0.1) is 0 Å². The van der Waals surface area contributed by atoms with E-state index in [1.165, 1.54) is 6.07 Å². The number of hydrogen-bond donors (Lipinski definition) is 3. The van der Waals surface area contributed by atoms with E-state index in [0.29, 0.717) is 23.9 Å². The van der Waals surface area contributed by atoms with Crippen LogP contribution in [-0.4, -0.2) is 27.5 Å². The molecule has 1 fully saturated rings. The van der Waals surface area contributed by atoms with Crippen molar-refractivity contribution >= 4 is 57.7 Å². The van der Waals surface area contributed by atoms with Crippen LogP contribution in [0, 0.1) is 23.1 Å². The molecule has 0 aliphatic heterocycles. The highest BCUT2D eigenvalue weighted by Crippen LogP contribution is 2.41. The second kappa shape index (κ2) is 11.7. The summed E-state index contributed by atoms with van der Waals surface area (Å²) in [6.45, 7) is 5.73. The molecule has 2 aromatic carbocycles. The maximum absolute atomic E-state index is 14.8. The average Bonchev–Trinajstić information content (AvgIpc) is 3.20. The monoisotopic (exact) mass is 615 g/mol. The highest BCUT2D eigenvalue weighted by molar-refractivity contribution is 6.39. The predicted octanol–water partition coefficient (Wildman–Crippen LogP) is 7.36. The lowest BCUT2D eigenvalue weighted by molar-refractivity contribution is -0.184. The van der Waals surface area contributed by atoms with Gasteiger partial charge in [-0.25, -0.2) is 9.37 Å². The Hall–Kier alpha value is -3.05. The number of aromatic nitrogens is 2. The molecule has 0 radical (unpaired) electrons. The summed E-state index contributed by atoms with van der Waals surface area (Å²) in [5.41, 5.74) is 5.81. The van der Waals surface area contributed by atoms with E-state index < -0.39 is 29.2 Å². The third-order valence-corrected chi connectivity index (χ3v) is 8.13. The van der Waals surface area contributed by atoms with E-state index in [4.69, 9.17) is 28.9 Å². The number of nitrogens with zero attached hydrogens (tertiary/aromatic N) is 2. The minimum Gasteiger partial charge on any atom is -0.366 e. The molecule has 0 bridgehead atoms. The van der Waals surface area contributed by atoms with E-state index in [9.17, 15) is 27.2 Å². The van der Waals surface area contributed by atoms with E-state index in [1.807, 2.05) is 0 Å². The largest absolute Gasteiger partial charge is 0.391 e. The number of hydrogen-bond acceptors (Lipinski definition) is 4. The molecule has 4 rings (SSSR count). The smallest absolute Gasteiger partial charge is 0.366 e. The summed E-state index contributed by atoms with van der Waals surface area (Å²) in [5, 5.41) is 6.40. The minimum atomic E-state index is -4.24. The fourth-order valence-electron chi connectivity index (χ4n) is 4.94. The third-order valence-electron chi connectivity index (χ3n) is 7.38. The first-order chi connectivity index (χ1) is 19.1. The molecule has 0 saturated heterocycles. The number of nitrogens with two attached hydrogens (primary N) is 1. The van der Waals surface area contributed by atoms with Crippen LogP contribution in [0.1, 0.15) is 62.4 Å². The summed E-state index contributed by atoms with van der Waals surface area (Å²) in [6.07, 6.45) is -3.57. The molecule has 41 heavy (non-hydrogen) atoms. The first-order valence-corrected chi connectivity index (χ1v) is 13.9. The molecule has 1 aliphatic carbocycles. The van der Waals surface area contributed by atoms with E-state index in [2.05, 4.69) is 15.6 Å². The summed E-state index contributed by atoms with van der Waals surface area (Å²) in [4.78, 5) is 28.7. The highest BCUT2D eigenvalue weighted by atomic mass is 35.5. The number of halogens is 6. The topological polar surface area (TPSA) is 102 Å². The Bertz CT molecular complexity index is 1480. The Morgan fingerprint density at radius 2 is 1.76 bits per heavy atom. The lowest BCUT2D eigenvalue weighted by atomic mass is 9.81. The number of benzene rings is 2. The first-order valence-electron chi connectivity index (χ1n) is 13.1. The zero-order valence-electron chi connectivity index (χ0n) is 22.8. The molecular weight excluding hydrogens is 585 g/mol. The van der Waals surface area contributed by atoms with Gasteiger partial charge in [-0.3, -0.25) is 9.59 Å². The molecule has 7 nitrogen and oxygen atoms in total. The Balaban J connectivity index is 1.69. The molecule has 4 N–H and O–H groups in total. The molecule has 1 saturated carbocycles. The summed E-state index contributed by atoms with van der Waals surface area (Å²) in [7, 11) is 0. The van der Waals surface area contributed by atoms with Gasteiger partial charge in [-0.1, -0.05) is 50.0 Å². The van der Waals surface area contributed by atoms with Crippen molar-refractivity contribution in [2.45, 2.75) is 65.7 Å². The van der Waals surface area contributed by atoms with Gasteiger partial charge in [0, 0.05) is 24.6 Å². The fourth-order valence-corrected chi connectivity index (χ4v) is 5.48. The molecule has 222 valence electrons. The third kappa shape index (κ3) is 6.89. The van der Waals surface area contributed by atoms with Crippen molar-refractivity contribution in [2.24, 2.45) is 23.0 Å². The van der Waals surface area contributed by atoms with Crippen LogP contribution >= 0.6 is 23.2 Å². The van der Waals surface area contributed by atoms with Crippen molar-refractivity contribution < 1.29 is 27.2 Å². The summed E-state index contributed by atoms with van der Waals surface area (Å²) >= 11 is 13.2. The Labute approximate surface area is 244 Å². The molecule has 1 aromatic heterocycles. The maximum Gasteiger partial charge on any atom is 0.391 e. The fraction of sp³-hybridized carbons (Fsp3) is 0.464. The van der Waals surface area contributed by atoms with Crippen molar-refractivity contribution in [2.75, 3.05) is 5.32 Å². The van der Waals surface area contributed by atoms with Crippen LogP contribution in [0.4, 0.5) is 29.2 Å². The van der Waals surface area contributed by atoms with Crippen LogP contribution in [0.3, 0.4) is 0 Å². The van der Waals surface area contributed by atoms with E-state index >= 15 is 0 Å². The number of nitrogens with one attached hydrogen (secondary N) is 2. The lowest BCUT2D eigenvalue weighted by Gasteiger charge is -2.30. The van der Waals surface area contributed by atoms with Gasteiger partial charge in [-0.2, -0.15) is 13.2 Å². The van der Waals surface area contributed by atoms with Gasteiger partial charge in [0.15, 0.2) is 0 Å². The van der Waals surface area contributed by atoms with Crippen LogP contribution in [-0.2, 0) is 17.9 Å². The van der Waals surface area contributed by atoms with Crippen LogP contribution in [0.25, 0.3) is 11.0 Å². The van der Waals surface area contributed by atoms with Gasteiger partial charge in [0.1, 0.15) is 5.82 Å². The van der Waals surface area contributed by atoms with Gasteiger partial charge in [0.05, 0.1) is 38.2 Å². The normalized spacial score (nSPS) is 18.0. The van der Waals surface area contributed by atoms with Crippen molar-refractivity contribution in [3.8, 4) is 0 Å². The molecule has 1 aliphatic rings. The SMILES string of the molecule is CC(C)(C)C(=O)NCc1ccc(Cl)c(Nc2nc3cc(C(N)=O)c(F)cc3n2CC2CCC(C(F)(F)F)CC2)c1Cl. The zero-order chi connectivity index (χ0) is 30.3. The molecular formula is C28H31Cl2F4N5O2. The van der Waals surface area contributed by atoms with Crippen molar-refractivity contribution in [3.63, 3.8) is 0 Å². The van der Waals surface area contributed by atoms with Crippen LogP contribution in [0.2, 0.25) is 10.0 Å². The van der Waals surface area contributed by atoms with E-state index in [1.54, 1.807) is 37.5 Å². The predicted molar refractivity (Wildman–Crippen MR) is 151 cm³/mol. The molecule has 0 atom stereocenters. The van der Waals surface area contributed by atoms with Gasteiger partial charge in [0.2, 0.25) is 11.9 Å². The van der Waals surface area contributed by atoms with Crippen LogP contribution in [0.5, 0.6) is 0 Å². The number of carbonyl (C=O) groups excluding carboxylic acids is 2. The zero-order valence-corrected chi connectivity index (χ0v) is 24.3. The molecule has 3 aromatic rings. The molecule has 0 spiro atoms. The minimum absolute atomic E-state index is 0.00370. The van der Waals surface area contributed by atoms with Crippen molar-refractivity contribution in [3.05, 3.63) is 51.3 Å². The van der Waals surface area contributed by atoms with Gasteiger partial charge in [-0.05, 0) is 49.3 Å². The highest BCUT2D eigenvalue weighted by Gasteiger charge is 2.41. The average molecular weight is 616 g/mol. The van der Waals surface area contributed by atoms with Crippen molar-refractivity contribution in [1.82, 2.24) is 14.9 Å². The lowest BCUT2D eigenvalue weighted by Crippen LogP contribution is -2.34. The second-order valence-corrected chi connectivity index (χ2v) is 12.2. The summed E-state index contributed by atoms with van der Waals surface area (Å²) in [6, 6.07) is 5.65. The second-order valence-electron chi connectivity index (χ2n) is 11.4. The summed E-state index contributed by atoms with van der Waals surface area (Å²) < 4.78 is 56.1. The number of carbonyl (C=O) groups is 2. The standard InChI is InChI=1S/C28H31Cl2F4N5O2/c1-27(2,3)25(41)36-12-15-6-9-18(29)23(22(15)30)38-26-37-20-10-17(24(35)40)19(31)11-21(20)39(26)13-14-4-7-16(8-5-14)28(32,33)34/h6,9-11,14,16H,4-5,7-8,12-13H2,1-3H3,(H2,35,40)(H,36,41)(H,37,38). The summed E-state index contributed by atoms with van der Waals surface area (Å²) in [5.74, 6) is -3.24. The Morgan fingerprint density at radius 1 is 1.10 bits per heavy atom. The van der Waals surface area contributed by atoms with E-state index in [0.717, 1.165) is 6.07 Å². The molecule has 13 heteroatoms. The molecule has 1 heterocycles. The van der Waals surface area contributed by atoms with Crippen molar-refractivity contribution in [1.29, 1.82) is 0 Å². The Morgan fingerprint density at radius 3 is 2.34 bits per heavy atom. The number of amides is 2. The number of rotatable bonds is 7. The number of anilines is 2. The molecule has 0 unspecified atom stereocenters. The van der Waals surface area contributed by atoms with Gasteiger partial charge < -0.3 is 20.9 Å². The van der Waals surface area contributed by atoms with Crippen LogP contribution in [0.15, 0.2) is 24.3 Å². The number of alkyl halides is 3. The van der Waals surface area contributed by atoms with Gasteiger partial charge >= 0.3 is 6.18 Å². The molecule has 2 amide bonds.